The average Bonchev–Trinajstić information content (AvgIpc) is 2.66. The molecule has 0 saturated heterocycles. The molecule has 1 heterocycles. The fourth-order valence-electron chi connectivity index (χ4n) is 1.21. The number of primary amides is 1. The number of carbonyl (C=O) groups excluding carboxylic acids is 1. The molecule has 0 aliphatic heterocycles. The number of carbonyl (C=O) groups is 1. The molecule has 3 N–H and O–H groups in total. The van der Waals surface area contributed by atoms with Crippen LogP contribution >= 0.6 is 0 Å². The summed E-state index contributed by atoms with van der Waals surface area (Å²) in [5.74, 6) is -0.697. The average molecular weight is 246 g/mol. The van der Waals surface area contributed by atoms with Gasteiger partial charge in [-0.25, -0.2) is 13.4 Å². The lowest BCUT2D eigenvalue weighted by Gasteiger charge is -2.23. The largest absolute Gasteiger partial charge is 0.369 e. The molecule has 1 rings (SSSR count). The second kappa shape index (κ2) is 4.62. The molecule has 0 aromatic carbocycles. The molecule has 0 bridgehead atoms. The normalized spacial score (nSPS) is 12.2. The molecule has 0 spiro atoms. The first-order valence-electron chi connectivity index (χ1n) is 4.64. The van der Waals surface area contributed by atoms with E-state index in [1.54, 1.807) is 13.8 Å². The van der Waals surface area contributed by atoms with E-state index >= 15 is 0 Å². The summed E-state index contributed by atoms with van der Waals surface area (Å²) in [6, 6.07) is -0.360. The van der Waals surface area contributed by atoms with Crippen LogP contribution in [-0.2, 0) is 14.8 Å². The number of nitrogens with two attached hydrogens (primary N) is 1. The minimum Gasteiger partial charge on any atom is -0.369 e. The zero-order valence-electron chi connectivity index (χ0n) is 9.04. The van der Waals surface area contributed by atoms with Crippen molar-refractivity contribution >= 4 is 15.9 Å². The third-order valence-electron chi connectivity index (χ3n) is 1.95. The Balaban J connectivity index is 3.08. The van der Waals surface area contributed by atoms with Crippen LogP contribution in [0.1, 0.15) is 13.8 Å². The molecular formula is C8H14N4O3S. The molecule has 1 aromatic rings. The molecule has 90 valence electrons. The summed E-state index contributed by atoms with van der Waals surface area (Å²) in [6.07, 6.45) is 2.45. The maximum Gasteiger partial charge on any atom is 0.260 e. The van der Waals surface area contributed by atoms with Crippen LogP contribution in [0.4, 0.5) is 0 Å². The molecule has 0 fully saturated rings. The van der Waals surface area contributed by atoms with Gasteiger partial charge in [0.2, 0.25) is 5.91 Å². The topological polar surface area (TPSA) is 109 Å². The number of sulfonamides is 1. The van der Waals surface area contributed by atoms with E-state index in [0.29, 0.717) is 0 Å². The number of nitrogens with zero attached hydrogens (tertiary/aromatic N) is 2. The van der Waals surface area contributed by atoms with Crippen molar-refractivity contribution in [2.45, 2.75) is 24.9 Å². The van der Waals surface area contributed by atoms with Crippen molar-refractivity contribution in [3.8, 4) is 0 Å². The molecule has 0 aliphatic rings. The van der Waals surface area contributed by atoms with Gasteiger partial charge in [0.05, 0.1) is 19.1 Å². The van der Waals surface area contributed by atoms with E-state index in [4.69, 9.17) is 5.73 Å². The fourth-order valence-corrected chi connectivity index (χ4v) is 2.71. The van der Waals surface area contributed by atoms with Gasteiger partial charge in [0.15, 0.2) is 5.03 Å². The van der Waals surface area contributed by atoms with Crippen molar-refractivity contribution in [1.82, 2.24) is 14.3 Å². The number of H-pyrrole nitrogens is 1. The summed E-state index contributed by atoms with van der Waals surface area (Å²) in [5, 5.41) is -0.0533. The van der Waals surface area contributed by atoms with Gasteiger partial charge in [-0.2, -0.15) is 4.31 Å². The van der Waals surface area contributed by atoms with Crippen molar-refractivity contribution in [2.24, 2.45) is 5.73 Å². The minimum atomic E-state index is -3.74. The third kappa shape index (κ3) is 2.58. The summed E-state index contributed by atoms with van der Waals surface area (Å²) >= 11 is 0. The SMILES string of the molecule is CC(C)N(CC(N)=O)S(=O)(=O)c1cnc[nH]1. The highest BCUT2D eigenvalue weighted by molar-refractivity contribution is 7.89. The van der Waals surface area contributed by atoms with Gasteiger partial charge >= 0.3 is 0 Å². The third-order valence-corrected chi connectivity index (χ3v) is 3.89. The Labute approximate surface area is 93.7 Å². The summed E-state index contributed by atoms with van der Waals surface area (Å²) in [5.41, 5.74) is 5.01. The Morgan fingerprint density at radius 3 is 2.62 bits per heavy atom. The van der Waals surface area contributed by atoms with E-state index in [9.17, 15) is 13.2 Å². The van der Waals surface area contributed by atoms with Crippen LogP contribution in [-0.4, -0.2) is 41.2 Å². The first kappa shape index (κ1) is 12.7. The van der Waals surface area contributed by atoms with Gasteiger partial charge in [0.1, 0.15) is 0 Å². The van der Waals surface area contributed by atoms with E-state index in [-0.39, 0.29) is 17.6 Å². The number of hydrogen-bond acceptors (Lipinski definition) is 4. The predicted octanol–water partition coefficient (Wildman–Crippen LogP) is -0.706. The van der Waals surface area contributed by atoms with Crippen LogP contribution in [0, 0.1) is 0 Å². The van der Waals surface area contributed by atoms with Gasteiger partial charge < -0.3 is 10.7 Å². The molecule has 0 atom stereocenters. The van der Waals surface area contributed by atoms with Gasteiger partial charge in [0, 0.05) is 6.04 Å². The maximum atomic E-state index is 12.0. The number of nitrogens with one attached hydrogen (secondary N) is 1. The van der Waals surface area contributed by atoms with E-state index < -0.39 is 15.9 Å². The predicted molar refractivity (Wildman–Crippen MR) is 56.8 cm³/mol. The highest BCUT2D eigenvalue weighted by Crippen LogP contribution is 2.14. The van der Waals surface area contributed by atoms with Crippen molar-refractivity contribution in [1.29, 1.82) is 0 Å². The first-order chi connectivity index (χ1) is 7.35. The molecule has 8 heteroatoms. The van der Waals surface area contributed by atoms with Gasteiger partial charge in [-0.1, -0.05) is 0 Å². The van der Waals surface area contributed by atoms with Crippen LogP contribution in [0.25, 0.3) is 0 Å². The molecule has 1 aromatic heterocycles. The van der Waals surface area contributed by atoms with Crippen LogP contribution < -0.4 is 5.73 Å². The Morgan fingerprint density at radius 1 is 1.62 bits per heavy atom. The standard InChI is InChI=1S/C8H14N4O3S/c1-6(2)12(4-7(9)13)16(14,15)8-3-10-5-11-8/h3,5-6H,4H2,1-2H3,(H2,9,13)(H,10,11). The lowest BCUT2D eigenvalue weighted by Crippen LogP contribution is -2.42. The number of aromatic amines is 1. The van der Waals surface area contributed by atoms with Crippen LogP contribution in [0.5, 0.6) is 0 Å². The molecule has 1 amide bonds. The van der Waals surface area contributed by atoms with Crippen molar-refractivity contribution < 1.29 is 13.2 Å². The van der Waals surface area contributed by atoms with Crippen LogP contribution in [0.2, 0.25) is 0 Å². The summed E-state index contributed by atoms with van der Waals surface area (Å²) in [6.45, 7) is 2.98. The Bertz CT molecular complexity index is 452. The van der Waals surface area contributed by atoms with E-state index in [2.05, 4.69) is 9.97 Å². The van der Waals surface area contributed by atoms with Crippen molar-refractivity contribution in [2.75, 3.05) is 6.54 Å². The smallest absolute Gasteiger partial charge is 0.260 e. The van der Waals surface area contributed by atoms with Crippen molar-refractivity contribution in [3.05, 3.63) is 12.5 Å². The second-order valence-electron chi connectivity index (χ2n) is 3.53. The lowest BCUT2D eigenvalue weighted by atomic mass is 10.4. The second-order valence-corrected chi connectivity index (χ2v) is 5.39. The van der Waals surface area contributed by atoms with Gasteiger partial charge in [0.25, 0.3) is 10.0 Å². The quantitative estimate of drug-likeness (QED) is 0.715. The Morgan fingerprint density at radius 2 is 2.25 bits per heavy atom. The Hall–Kier alpha value is -1.41. The monoisotopic (exact) mass is 246 g/mol. The number of rotatable bonds is 5. The lowest BCUT2D eigenvalue weighted by molar-refractivity contribution is -0.118. The van der Waals surface area contributed by atoms with Crippen LogP contribution in [0.15, 0.2) is 17.6 Å². The number of aromatic nitrogens is 2. The Kier molecular flexibility index (Phi) is 3.66. The molecule has 0 radical (unpaired) electrons. The zero-order valence-corrected chi connectivity index (χ0v) is 9.86. The van der Waals surface area contributed by atoms with E-state index in [0.717, 1.165) is 4.31 Å². The summed E-state index contributed by atoms with van der Waals surface area (Å²) in [4.78, 5) is 16.9. The van der Waals surface area contributed by atoms with E-state index in [1.807, 2.05) is 0 Å². The zero-order chi connectivity index (χ0) is 12.3. The molecular weight excluding hydrogens is 232 g/mol. The number of imidazole rings is 1. The van der Waals surface area contributed by atoms with Gasteiger partial charge in [-0.15, -0.1) is 0 Å². The van der Waals surface area contributed by atoms with Crippen LogP contribution in [0.3, 0.4) is 0 Å². The molecule has 0 unspecified atom stereocenters. The molecule has 16 heavy (non-hydrogen) atoms. The molecule has 0 aliphatic carbocycles. The first-order valence-corrected chi connectivity index (χ1v) is 6.08. The maximum absolute atomic E-state index is 12.0. The van der Waals surface area contributed by atoms with Gasteiger partial charge in [-0.05, 0) is 13.8 Å². The summed E-state index contributed by atoms with van der Waals surface area (Å²) < 4.78 is 25.1. The number of hydrogen-bond donors (Lipinski definition) is 2. The highest BCUT2D eigenvalue weighted by Gasteiger charge is 2.29. The fraction of sp³-hybridized carbons (Fsp3) is 0.500. The van der Waals surface area contributed by atoms with E-state index in [1.165, 1.54) is 12.5 Å². The highest BCUT2D eigenvalue weighted by atomic mass is 32.2. The number of amides is 1. The molecule has 0 saturated carbocycles. The summed E-state index contributed by atoms with van der Waals surface area (Å²) in [7, 11) is -3.74. The van der Waals surface area contributed by atoms with Gasteiger partial charge in [-0.3, -0.25) is 4.79 Å². The van der Waals surface area contributed by atoms with Crippen molar-refractivity contribution in [3.63, 3.8) is 0 Å². The molecule has 7 nitrogen and oxygen atoms in total. The minimum absolute atomic E-state index is 0.0533.